The van der Waals surface area contributed by atoms with E-state index >= 15 is 0 Å². The molecule has 4 heterocycles. The van der Waals surface area contributed by atoms with Crippen LogP contribution in [0.3, 0.4) is 0 Å². The van der Waals surface area contributed by atoms with E-state index in [1.54, 1.807) is 0 Å². The van der Waals surface area contributed by atoms with Crippen LogP contribution in [0.5, 0.6) is 0 Å². The Kier molecular flexibility index (Phi) is 5.84. The number of rotatable bonds is 5. The second-order valence-electron chi connectivity index (χ2n) is 9.13. The van der Waals surface area contributed by atoms with Crippen molar-refractivity contribution >= 4 is 11.6 Å². The average Bonchev–Trinajstić information content (AvgIpc) is 3.14. The Bertz CT molecular complexity index is 1420. The number of hydrogen-bond acceptors (Lipinski definition) is 5. The summed E-state index contributed by atoms with van der Waals surface area (Å²) in [5.74, 6) is -2.53. The van der Waals surface area contributed by atoms with Crippen LogP contribution in [0.25, 0.3) is 28.0 Å². The molecule has 1 aliphatic rings. The highest BCUT2D eigenvalue weighted by Gasteiger charge is 2.34. The normalized spacial score (nSPS) is 16.1. The maximum Gasteiger partial charge on any atom is 0.428 e. The summed E-state index contributed by atoms with van der Waals surface area (Å²) < 4.78 is 29.9. The predicted octanol–water partition coefficient (Wildman–Crippen LogP) is 2.97. The van der Waals surface area contributed by atoms with Crippen LogP contribution in [0, 0.1) is 13.8 Å². The lowest BCUT2D eigenvalue weighted by atomic mass is 9.99. The lowest BCUT2D eigenvalue weighted by Gasteiger charge is -2.31. The highest BCUT2D eigenvalue weighted by atomic mass is 19.3. The van der Waals surface area contributed by atoms with E-state index in [0.717, 1.165) is 28.1 Å². The van der Waals surface area contributed by atoms with Gasteiger partial charge < -0.3 is 10.6 Å². The molecule has 0 amide bonds. The molecule has 10 heteroatoms. The van der Waals surface area contributed by atoms with Gasteiger partial charge in [0.25, 0.3) is 5.92 Å². The first-order chi connectivity index (χ1) is 16.7. The van der Waals surface area contributed by atoms with E-state index in [9.17, 15) is 13.6 Å². The fraction of sp³-hybridized carbons (Fsp3) is 0.360. The number of anilines is 1. The van der Waals surface area contributed by atoms with E-state index in [1.807, 2.05) is 61.2 Å². The smallest absolute Gasteiger partial charge is 0.319 e. The molecule has 0 spiro atoms. The van der Waals surface area contributed by atoms with E-state index in [0.29, 0.717) is 37.5 Å². The number of H-pyrrole nitrogens is 1. The molecule has 1 saturated heterocycles. The fourth-order valence-corrected chi connectivity index (χ4v) is 4.71. The van der Waals surface area contributed by atoms with Crippen LogP contribution in [0.15, 0.2) is 47.3 Å². The molecule has 0 unspecified atom stereocenters. The number of nitrogens with zero attached hydrogens (tertiary/aromatic N) is 5. The van der Waals surface area contributed by atoms with Crippen LogP contribution in [0.2, 0.25) is 0 Å². The number of nitrogens with one attached hydrogen (secondary N) is 1. The maximum absolute atomic E-state index is 13.5. The number of piperidine rings is 1. The summed E-state index contributed by atoms with van der Waals surface area (Å²) in [5, 5.41) is 3.23. The van der Waals surface area contributed by atoms with Gasteiger partial charge in [-0.3, -0.25) is 4.98 Å². The number of aryl methyl sites for hydroxylation is 2. The standard InChI is InChI=1S/C25H27F2N7O/c1-16-14-19(15-17(2)29-16)20-21(18-6-4-3-5-7-18)30-23(28)34-22(20)31-33(24(34)35)13-12-32-10-8-25(26,27)9-11-32/h3-7,14-15H,8-13H2,1-2H3,(H2,28,29,30,31)/p+1. The van der Waals surface area contributed by atoms with Gasteiger partial charge in [0.1, 0.15) is 5.69 Å². The van der Waals surface area contributed by atoms with Gasteiger partial charge >= 0.3 is 11.6 Å². The van der Waals surface area contributed by atoms with Crippen LogP contribution in [0.1, 0.15) is 24.2 Å². The largest absolute Gasteiger partial charge is 0.428 e. The highest BCUT2D eigenvalue weighted by molar-refractivity contribution is 5.88. The third kappa shape index (κ3) is 4.53. The Morgan fingerprint density at radius 3 is 2.34 bits per heavy atom. The molecule has 1 fully saturated rings. The zero-order chi connectivity index (χ0) is 24.7. The van der Waals surface area contributed by atoms with Crippen molar-refractivity contribution in [2.75, 3.05) is 25.4 Å². The second kappa shape index (κ2) is 8.84. The Balaban J connectivity index is 1.62. The third-order valence-corrected chi connectivity index (χ3v) is 6.46. The summed E-state index contributed by atoms with van der Waals surface area (Å²) in [6, 6.07) is 13.6. The van der Waals surface area contributed by atoms with Gasteiger partial charge in [0.15, 0.2) is 0 Å². The number of fused-ring (bicyclic) bond motifs is 1. The van der Waals surface area contributed by atoms with Crippen molar-refractivity contribution in [1.82, 2.24) is 24.6 Å². The number of benzene rings is 1. The van der Waals surface area contributed by atoms with Gasteiger partial charge in [-0.05, 0) is 31.5 Å². The van der Waals surface area contributed by atoms with Gasteiger partial charge in [0, 0.05) is 49.4 Å². The Hall–Kier alpha value is -3.66. The van der Waals surface area contributed by atoms with E-state index < -0.39 is 5.92 Å². The molecule has 0 bridgehead atoms. The molecular weight excluding hydrogens is 452 g/mol. The Morgan fingerprint density at radius 2 is 1.69 bits per heavy atom. The first-order valence-corrected chi connectivity index (χ1v) is 11.7. The van der Waals surface area contributed by atoms with Crippen LogP contribution in [-0.2, 0) is 6.54 Å². The van der Waals surface area contributed by atoms with Crippen molar-refractivity contribution in [1.29, 1.82) is 0 Å². The minimum atomic E-state index is -2.60. The zero-order valence-corrected chi connectivity index (χ0v) is 19.8. The van der Waals surface area contributed by atoms with E-state index in [1.165, 1.54) is 9.08 Å². The minimum absolute atomic E-state index is 0.0720. The molecule has 35 heavy (non-hydrogen) atoms. The number of pyridine rings is 1. The van der Waals surface area contributed by atoms with E-state index in [2.05, 4.69) is 15.1 Å². The lowest BCUT2D eigenvalue weighted by molar-refractivity contribution is -0.516. The second-order valence-corrected chi connectivity index (χ2v) is 9.13. The molecule has 182 valence electrons. The molecule has 5 rings (SSSR count). The molecule has 3 aromatic heterocycles. The lowest BCUT2D eigenvalue weighted by Crippen LogP contribution is -2.46. The average molecular weight is 481 g/mol. The van der Waals surface area contributed by atoms with Gasteiger partial charge in [-0.2, -0.15) is 4.68 Å². The zero-order valence-electron chi connectivity index (χ0n) is 19.8. The first kappa shape index (κ1) is 23.1. The Morgan fingerprint density at radius 1 is 1.03 bits per heavy atom. The van der Waals surface area contributed by atoms with Gasteiger partial charge in [-0.15, -0.1) is 9.38 Å². The Labute approximate surface area is 201 Å². The summed E-state index contributed by atoms with van der Waals surface area (Å²) in [4.78, 5) is 24.4. The highest BCUT2D eigenvalue weighted by Crippen LogP contribution is 2.33. The molecule has 4 aromatic rings. The molecule has 1 aromatic carbocycles. The molecule has 0 atom stereocenters. The van der Waals surface area contributed by atoms with Crippen molar-refractivity contribution in [2.45, 2.75) is 39.2 Å². The maximum atomic E-state index is 13.5. The van der Waals surface area contributed by atoms with E-state index in [4.69, 9.17) is 5.73 Å². The summed E-state index contributed by atoms with van der Waals surface area (Å²) in [7, 11) is 0. The number of aromatic amines is 1. The quantitative estimate of drug-likeness (QED) is 0.428. The molecule has 0 aliphatic carbocycles. The third-order valence-electron chi connectivity index (χ3n) is 6.46. The number of likely N-dealkylation sites (tertiary alicyclic amines) is 1. The molecular formula is C25H28F2N7O+. The summed E-state index contributed by atoms with van der Waals surface area (Å²) >= 11 is 0. The van der Waals surface area contributed by atoms with Gasteiger partial charge in [0.2, 0.25) is 5.65 Å². The molecule has 3 N–H and O–H groups in total. The molecule has 0 radical (unpaired) electrons. The summed E-state index contributed by atoms with van der Waals surface area (Å²) in [6.07, 6.45) is -0.322. The van der Waals surface area contributed by atoms with Crippen LogP contribution < -0.4 is 15.8 Å². The van der Waals surface area contributed by atoms with Gasteiger partial charge in [-0.1, -0.05) is 30.3 Å². The minimum Gasteiger partial charge on any atom is -0.319 e. The number of halogens is 2. The molecule has 0 saturated carbocycles. The van der Waals surface area contributed by atoms with Gasteiger partial charge in [0.05, 0.1) is 12.1 Å². The van der Waals surface area contributed by atoms with Crippen LogP contribution in [-0.4, -0.2) is 50.2 Å². The van der Waals surface area contributed by atoms with Crippen LogP contribution in [0.4, 0.5) is 14.7 Å². The molecule has 1 aliphatic heterocycles. The fourth-order valence-electron chi connectivity index (χ4n) is 4.71. The number of aromatic nitrogens is 5. The summed E-state index contributed by atoms with van der Waals surface area (Å²) in [5.41, 5.74) is 11.3. The van der Waals surface area contributed by atoms with Crippen molar-refractivity contribution in [3.8, 4) is 22.4 Å². The predicted molar refractivity (Wildman–Crippen MR) is 129 cm³/mol. The van der Waals surface area contributed by atoms with Crippen molar-refractivity contribution in [3.05, 3.63) is 64.3 Å². The summed E-state index contributed by atoms with van der Waals surface area (Å²) in [6.45, 7) is 5.24. The van der Waals surface area contributed by atoms with Crippen molar-refractivity contribution in [2.24, 2.45) is 0 Å². The first-order valence-electron chi connectivity index (χ1n) is 11.7. The molecule has 8 nitrogen and oxygen atoms in total. The monoisotopic (exact) mass is 480 g/mol. The topological polar surface area (TPSA) is 96.9 Å². The number of nitrogen functional groups attached to an aromatic ring is 1. The van der Waals surface area contributed by atoms with Crippen molar-refractivity contribution in [3.63, 3.8) is 0 Å². The van der Waals surface area contributed by atoms with Crippen molar-refractivity contribution < 1.29 is 13.2 Å². The number of nitrogens with two attached hydrogens (primary N) is 1. The number of alkyl halides is 2. The van der Waals surface area contributed by atoms with Crippen LogP contribution >= 0.6 is 0 Å². The number of hydrogen-bond donors (Lipinski definition) is 2. The SMILES string of the molecule is Cc1cc(-c2c(-c3ccccc3)nc(N)[n+]3c(=O)n(CCN4CCC(F)(F)CC4)[nH]c23)cc(C)n1. The van der Waals surface area contributed by atoms with Gasteiger partial charge in [-0.25, -0.2) is 18.7 Å². The van der Waals surface area contributed by atoms with E-state index in [-0.39, 0.29) is 24.5 Å².